The molecule has 29 heavy (non-hydrogen) atoms. The van der Waals surface area contributed by atoms with Crippen molar-refractivity contribution in [2.24, 2.45) is 0 Å². The third-order valence-electron chi connectivity index (χ3n) is 4.63. The maximum atomic E-state index is 12.6. The monoisotopic (exact) mass is 418 g/mol. The van der Waals surface area contributed by atoms with Crippen LogP contribution in [-0.4, -0.2) is 67.4 Å². The first-order valence-corrected chi connectivity index (χ1v) is 10.7. The van der Waals surface area contributed by atoms with Crippen LogP contribution in [0.4, 0.5) is 0 Å². The average molecular weight is 418 g/mol. The van der Waals surface area contributed by atoms with Crippen molar-refractivity contribution < 1.29 is 27.9 Å². The van der Waals surface area contributed by atoms with Crippen molar-refractivity contribution in [2.45, 2.75) is 5.75 Å². The Balaban J connectivity index is 1.49. The van der Waals surface area contributed by atoms with Crippen LogP contribution in [-0.2, 0) is 25.3 Å². The van der Waals surface area contributed by atoms with Crippen molar-refractivity contribution >= 4 is 21.9 Å². The molecule has 1 fully saturated rings. The average Bonchev–Trinajstić information content (AvgIpc) is 2.72. The molecule has 1 N–H and O–H groups in total. The first-order chi connectivity index (χ1) is 13.9. The molecule has 3 rings (SSSR count). The number of para-hydroxylation sites is 1. The van der Waals surface area contributed by atoms with Gasteiger partial charge in [0, 0.05) is 26.2 Å². The van der Waals surface area contributed by atoms with Gasteiger partial charge in [0.25, 0.3) is 5.91 Å². The summed E-state index contributed by atoms with van der Waals surface area (Å²) in [4.78, 5) is 25.7. The van der Waals surface area contributed by atoms with E-state index in [4.69, 9.17) is 4.74 Å². The number of carbonyl (C=O) groups is 2. The predicted molar refractivity (Wildman–Crippen MR) is 106 cm³/mol. The van der Waals surface area contributed by atoms with Crippen LogP contribution in [0.5, 0.6) is 5.75 Å². The second-order valence-electron chi connectivity index (χ2n) is 6.61. The zero-order chi connectivity index (χ0) is 20.9. The van der Waals surface area contributed by atoms with Gasteiger partial charge in [-0.15, -0.1) is 0 Å². The van der Waals surface area contributed by atoms with Crippen LogP contribution in [0.2, 0.25) is 0 Å². The maximum absolute atomic E-state index is 12.6. The molecule has 0 unspecified atom stereocenters. The zero-order valence-electron chi connectivity index (χ0n) is 15.7. The van der Waals surface area contributed by atoms with Gasteiger partial charge < -0.3 is 14.7 Å². The molecule has 0 saturated carbocycles. The Morgan fingerprint density at radius 3 is 2.21 bits per heavy atom. The molecular weight excluding hydrogens is 396 g/mol. The maximum Gasteiger partial charge on any atom is 0.342 e. The molecule has 154 valence electrons. The van der Waals surface area contributed by atoms with E-state index in [2.05, 4.69) is 0 Å². The SMILES string of the molecule is O=C(OCC(=O)N1CCN(S(=O)(=O)Cc2ccccc2)CC1)c1ccccc1O. The zero-order valence-corrected chi connectivity index (χ0v) is 16.5. The first-order valence-electron chi connectivity index (χ1n) is 9.11. The van der Waals surface area contributed by atoms with Gasteiger partial charge in [0.05, 0.1) is 5.75 Å². The van der Waals surface area contributed by atoms with Crippen molar-refractivity contribution in [1.82, 2.24) is 9.21 Å². The summed E-state index contributed by atoms with van der Waals surface area (Å²) in [5, 5.41) is 9.65. The van der Waals surface area contributed by atoms with Gasteiger partial charge in [-0.1, -0.05) is 42.5 Å². The lowest BCUT2D eigenvalue weighted by Crippen LogP contribution is -2.51. The van der Waals surface area contributed by atoms with Gasteiger partial charge in [-0.3, -0.25) is 4.79 Å². The van der Waals surface area contributed by atoms with Crippen molar-refractivity contribution in [1.29, 1.82) is 0 Å². The number of piperazine rings is 1. The Morgan fingerprint density at radius 2 is 1.55 bits per heavy atom. The molecule has 2 aromatic carbocycles. The van der Waals surface area contributed by atoms with Crippen LogP contribution in [0.25, 0.3) is 0 Å². The van der Waals surface area contributed by atoms with Crippen molar-refractivity contribution in [3.8, 4) is 5.75 Å². The molecule has 0 bridgehead atoms. The van der Waals surface area contributed by atoms with Crippen LogP contribution in [0, 0.1) is 0 Å². The molecule has 8 nitrogen and oxygen atoms in total. The number of rotatable bonds is 6. The van der Waals surface area contributed by atoms with E-state index in [0.29, 0.717) is 5.56 Å². The normalized spacial score (nSPS) is 15.1. The number of hydrogen-bond donors (Lipinski definition) is 1. The minimum absolute atomic E-state index is 0.0166. The van der Waals surface area contributed by atoms with Crippen molar-refractivity contribution in [3.63, 3.8) is 0 Å². The number of ether oxygens (including phenoxy) is 1. The van der Waals surface area contributed by atoms with E-state index in [1.807, 2.05) is 6.07 Å². The third kappa shape index (κ3) is 5.33. The molecule has 0 aliphatic carbocycles. The lowest BCUT2D eigenvalue weighted by Gasteiger charge is -2.33. The minimum Gasteiger partial charge on any atom is -0.507 e. The van der Waals surface area contributed by atoms with E-state index in [0.717, 1.165) is 0 Å². The van der Waals surface area contributed by atoms with Gasteiger partial charge in [0.15, 0.2) is 6.61 Å². The number of nitrogens with zero attached hydrogens (tertiary/aromatic N) is 2. The van der Waals surface area contributed by atoms with Crippen LogP contribution in [0.3, 0.4) is 0 Å². The van der Waals surface area contributed by atoms with E-state index < -0.39 is 28.5 Å². The van der Waals surface area contributed by atoms with Gasteiger partial charge in [0.2, 0.25) is 10.0 Å². The summed E-state index contributed by atoms with van der Waals surface area (Å²) in [5.74, 6) is -1.50. The number of amides is 1. The summed E-state index contributed by atoms with van der Waals surface area (Å²) in [5.41, 5.74) is 0.694. The van der Waals surface area contributed by atoms with Gasteiger partial charge in [-0.2, -0.15) is 4.31 Å². The molecule has 1 heterocycles. The van der Waals surface area contributed by atoms with E-state index >= 15 is 0 Å². The molecule has 9 heteroatoms. The van der Waals surface area contributed by atoms with E-state index in [9.17, 15) is 23.1 Å². The molecule has 0 atom stereocenters. The topological polar surface area (TPSA) is 104 Å². The van der Waals surface area contributed by atoms with Gasteiger partial charge >= 0.3 is 5.97 Å². The molecular formula is C20H22N2O6S. The molecule has 1 saturated heterocycles. The molecule has 1 aliphatic rings. The van der Waals surface area contributed by atoms with E-state index in [1.165, 1.54) is 21.3 Å². The molecule has 0 aromatic heterocycles. The number of sulfonamides is 1. The van der Waals surface area contributed by atoms with Gasteiger partial charge in [-0.25, -0.2) is 13.2 Å². The summed E-state index contributed by atoms with van der Waals surface area (Å²) in [7, 11) is -3.47. The fourth-order valence-corrected chi connectivity index (χ4v) is 4.55. The number of phenols is 1. The summed E-state index contributed by atoms with van der Waals surface area (Å²) in [6.07, 6.45) is 0. The van der Waals surface area contributed by atoms with Gasteiger partial charge in [-0.05, 0) is 17.7 Å². The third-order valence-corrected chi connectivity index (χ3v) is 6.48. The Hall–Kier alpha value is -2.91. The number of carbonyl (C=O) groups excluding carboxylic acids is 2. The Morgan fingerprint density at radius 1 is 0.931 bits per heavy atom. The fraction of sp³-hybridized carbons (Fsp3) is 0.300. The standard InChI is InChI=1S/C20H22N2O6S/c23-18-9-5-4-8-17(18)20(25)28-14-19(24)21-10-12-22(13-11-21)29(26,27)15-16-6-2-1-3-7-16/h1-9,23H,10-15H2. The number of esters is 1. The summed E-state index contributed by atoms with van der Waals surface area (Å²) >= 11 is 0. The van der Waals surface area contributed by atoms with Crippen molar-refractivity contribution in [2.75, 3.05) is 32.8 Å². The summed E-state index contributed by atoms with van der Waals surface area (Å²) in [6.45, 7) is 0.356. The second-order valence-corrected chi connectivity index (χ2v) is 8.58. The van der Waals surface area contributed by atoms with Crippen molar-refractivity contribution in [3.05, 3.63) is 65.7 Å². The fourth-order valence-electron chi connectivity index (χ4n) is 3.03. The molecule has 0 radical (unpaired) electrons. The molecule has 1 amide bonds. The van der Waals surface area contributed by atoms with Gasteiger partial charge in [0.1, 0.15) is 11.3 Å². The second kappa shape index (κ2) is 9.06. The Labute approximate surface area is 169 Å². The highest BCUT2D eigenvalue weighted by molar-refractivity contribution is 7.88. The lowest BCUT2D eigenvalue weighted by molar-refractivity contribution is -0.135. The quantitative estimate of drug-likeness (QED) is 0.708. The first kappa shape index (κ1) is 20.8. The summed E-state index contributed by atoms with van der Waals surface area (Å²) in [6, 6.07) is 14.8. The van der Waals surface area contributed by atoms with Crippen LogP contribution in [0.15, 0.2) is 54.6 Å². The van der Waals surface area contributed by atoms with Crippen LogP contribution < -0.4 is 0 Å². The van der Waals surface area contributed by atoms with Crippen LogP contribution >= 0.6 is 0 Å². The van der Waals surface area contributed by atoms with E-state index in [-0.39, 0.29) is 43.2 Å². The Bertz CT molecular complexity index is 969. The number of benzene rings is 2. The predicted octanol–water partition coefficient (Wildman–Crippen LogP) is 1.22. The smallest absolute Gasteiger partial charge is 0.342 e. The molecule has 0 spiro atoms. The molecule has 2 aromatic rings. The highest BCUT2D eigenvalue weighted by Gasteiger charge is 2.29. The number of phenolic OH excluding ortho intramolecular Hbond substituents is 1. The van der Waals surface area contributed by atoms with E-state index in [1.54, 1.807) is 36.4 Å². The molecule has 1 aliphatic heterocycles. The highest BCUT2D eigenvalue weighted by atomic mass is 32.2. The summed E-state index contributed by atoms with van der Waals surface area (Å²) < 4.78 is 31.5. The number of hydrogen-bond acceptors (Lipinski definition) is 6. The minimum atomic E-state index is -3.47. The Kier molecular flexibility index (Phi) is 6.50. The highest BCUT2D eigenvalue weighted by Crippen LogP contribution is 2.17. The number of aromatic hydroxyl groups is 1. The largest absolute Gasteiger partial charge is 0.507 e. The lowest BCUT2D eigenvalue weighted by atomic mass is 10.2. The van der Waals surface area contributed by atoms with Crippen LogP contribution in [0.1, 0.15) is 15.9 Å².